The van der Waals surface area contributed by atoms with Gasteiger partial charge in [0, 0.05) is 12.3 Å². The number of carbonyl (C=O) groups is 3. The Labute approximate surface area is 250 Å². The highest BCUT2D eigenvalue weighted by Crippen LogP contribution is 2.45. The summed E-state index contributed by atoms with van der Waals surface area (Å²) in [5.41, 5.74) is 2.18. The zero-order chi connectivity index (χ0) is 30.2. The second kappa shape index (κ2) is 11.2. The molecule has 6 rings (SSSR count). The van der Waals surface area contributed by atoms with Gasteiger partial charge in [0.15, 0.2) is 33.9 Å². The van der Waals surface area contributed by atoms with E-state index in [4.69, 9.17) is 13.9 Å². The smallest absolute Gasteiger partial charge is 0.296 e. The minimum absolute atomic E-state index is 0.0306. The Morgan fingerprint density at radius 2 is 1.77 bits per heavy atom. The highest BCUT2D eigenvalue weighted by molar-refractivity contribution is 7.17. The van der Waals surface area contributed by atoms with Gasteiger partial charge in [-0.15, -0.1) is 0 Å². The number of carbonyl (C=O) groups excluding carboxylic acids is 3. The normalized spacial score (nSPS) is 14.9. The summed E-state index contributed by atoms with van der Waals surface area (Å²) in [7, 11) is 1.49. The van der Waals surface area contributed by atoms with Crippen molar-refractivity contribution in [3.63, 3.8) is 0 Å². The van der Waals surface area contributed by atoms with E-state index in [1.54, 1.807) is 49.4 Å². The van der Waals surface area contributed by atoms with E-state index in [1.807, 2.05) is 36.4 Å². The van der Waals surface area contributed by atoms with Gasteiger partial charge in [-0.25, -0.2) is 4.98 Å². The molecule has 1 N–H and O–H groups in total. The minimum atomic E-state index is -1.10. The van der Waals surface area contributed by atoms with Crippen LogP contribution in [0.25, 0.3) is 11.0 Å². The summed E-state index contributed by atoms with van der Waals surface area (Å²) in [5, 5.41) is 12.1. The van der Waals surface area contributed by atoms with Crippen molar-refractivity contribution in [2.45, 2.75) is 26.5 Å². The van der Waals surface area contributed by atoms with E-state index >= 15 is 0 Å². The summed E-state index contributed by atoms with van der Waals surface area (Å²) in [6, 6.07) is 22.3. The molecular weight excluding hydrogens is 568 g/mol. The quantitative estimate of drug-likeness (QED) is 0.186. The molecule has 1 aliphatic rings. The second-order valence-corrected chi connectivity index (χ2v) is 10.9. The van der Waals surface area contributed by atoms with E-state index in [1.165, 1.54) is 18.9 Å². The maximum absolute atomic E-state index is 14.0. The zero-order valence-corrected chi connectivity index (χ0v) is 24.3. The zero-order valence-electron chi connectivity index (χ0n) is 23.5. The van der Waals surface area contributed by atoms with Crippen molar-refractivity contribution in [3.05, 3.63) is 118 Å². The first kappa shape index (κ1) is 27.9. The molecule has 1 atom stereocenters. The average molecular weight is 595 g/mol. The Kier molecular flexibility index (Phi) is 7.29. The number of aromatic nitrogens is 1. The maximum Gasteiger partial charge on any atom is 0.296 e. The van der Waals surface area contributed by atoms with Crippen molar-refractivity contribution >= 4 is 44.9 Å². The van der Waals surface area contributed by atoms with E-state index in [0.717, 1.165) is 16.9 Å². The first-order valence-corrected chi connectivity index (χ1v) is 14.2. The van der Waals surface area contributed by atoms with Crippen LogP contribution in [-0.2, 0) is 11.4 Å². The number of ether oxygens (including phenoxy) is 2. The number of methoxy groups -OCH3 is 1. The number of amides is 1. The summed E-state index contributed by atoms with van der Waals surface area (Å²) in [4.78, 5) is 45.9. The van der Waals surface area contributed by atoms with Gasteiger partial charge in [0.05, 0.1) is 29.3 Å². The van der Waals surface area contributed by atoms with Crippen LogP contribution in [-0.4, -0.2) is 34.7 Å². The van der Waals surface area contributed by atoms with Crippen LogP contribution in [0.3, 0.4) is 0 Å². The fraction of sp³-hybridized carbons (Fsp3) is 0.152. The van der Waals surface area contributed by atoms with Gasteiger partial charge >= 0.3 is 0 Å². The van der Waals surface area contributed by atoms with Gasteiger partial charge in [0.25, 0.3) is 5.91 Å². The molecule has 10 heteroatoms. The lowest BCUT2D eigenvalue weighted by Gasteiger charge is -2.25. The molecule has 3 heterocycles. The number of aliphatic hydroxyl groups excluding tert-OH is 1. The summed E-state index contributed by atoms with van der Waals surface area (Å²) in [5.74, 6) is -1.62. The third-order valence-electron chi connectivity index (χ3n) is 7.15. The molecule has 0 spiro atoms. The highest BCUT2D eigenvalue weighted by Gasteiger charge is 2.47. The van der Waals surface area contributed by atoms with Gasteiger partial charge in [-0.05, 0) is 42.3 Å². The van der Waals surface area contributed by atoms with Crippen LogP contribution < -0.4 is 14.4 Å². The number of Topliss-reactive ketones (excluding diaryl/α,β-unsaturated/α-hetero) is 2. The third-order valence-corrected chi connectivity index (χ3v) is 8.41. The number of benzene rings is 3. The summed E-state index contributed by atoms with van der Waals surface area (Å²) in [6.07, 6.45) is 0. The van der Waals surface area contributed by atoms with Crippen LogP contribution in [0.2, 0.25) is 0 Å². The van der Waals surface area contributed by atoms with E-state index in [2.05, 4.69) is 4.98 Å². The number of aryl methyl sites for hydroxylation is 1. The van der Waals surface area contributed by atoms with Crippen LogP contribution >= 0.6 is 11.3 Å². The number of para-hydroxylation sites is 1. The average Bonchev–Trinajstić information content (AvgIpc) is 3.70. The number of thiazole rings is 1. The largest absolute Gasteiger partial charge is 0.503 e. The topological polar surface area (TPSA) is 119 Å². The number of rotatable bonds is 9. The summed E-state index contributed by atoms with van der Waals surface area (Å²) in [6.45, 7) is 3.38. The van der Waals surface area contributed by atoms with Crippen molar-refractivity contribution in [3.8, 4) is 11.5 Å². The van der Waals surface area contributed by atoms with E-state index < -0.39 is 23.5 Å². The molecule has 1 amide bonds. The van der Waals surface area contributed by atoms with E-state index in [-0.39, 0.29) is 22.2 Å². The number of ketones is 2. The molecule has 0 fully saturated rings. The summed E-state index contributed by atoms with van der Waals surface area (Å²) < 4.78 is 17.5. The molecule has 0 unspecified atom stereocenters. The number of anilines is 1. The minimum Gasteiger partial charge on any atom is -0.503 e. The molecule has 2 aromatic heterocycles. The summed E-state index contributed by atoms with van der Waals surface area (Å²) >= 11 is 1.02. The van der Waals surface area contributed by atoms with Crippen LogP contribution in [0.1, 0.15) is 50.0 Å². The number of hydrogen-bond donors (Lipinski definition) is 1. The van der Waals surface area contributed by atoms with Gasteiger partial charge in [-0.3, -0.25) is 19.3 Å². The van der Waals surface area contributed by atoms with Crippen LogP contribution in [0, 0.1) is 6.92 Å². The molecule has 216 valence electrons. The molecule has 1 aliphatic heterocycles. The van der Waals surface area contributed by atoms with Crippen LogP contribution in [0.4, 0.5) is 5.13 Å². The second-order valence-electron chi connectivity index (χ2n) is 9.97. The Bertz CT molecular complexity index is 1890. The van der Waals surface area contributed by atoms with Crippen molar-refractivity contribution in [1.29, 1.82) is 0 Å². The molecule has 0 saturated heterocycles. The number of nitrogens with zero attached hydrogens (tertiary/aromatic N) is 2. The highest BCUT2D eigenvalue weighted by atomic mass is 32.1. The molecule has 0 aliphatic carbocycles. The number of hydrogen-bond acceptors (Lipinski definition) is 9. The number of fused-ring (bicyclic) bond motifs is 1. The van der Waals surface area contributed by atoms with Gasteiger partial charge < -0.3 is 19.0 Å². The molecule has 0 radical (unpaired) electrons. The molecule has 9 nitrogen and oxygen atoms in total. The Morgan fingerprint density at radius 3 is 2.47 bits per heavy atom. The predicted molar refractivity (Wildman–Crippen MR) is 161 cm³/mol. The van der Waals surface area contributed by atoms with Gasteiger partial charge in [0.1, 0.15) is 12.2 Å². The lowest BCUT2D eigenvalue weighted by atomic mass is 9.95. The van der Waals surface area contributed by atoms with E-state index in [0.29, 0.717) is 45.2 Å². The fourth-order valence-corrected chi connectivity index (χ4v) is 6.09. The van der Waals surface area contributed by atoms with Gasteiger partial charge in [-0.1, -0.05) is 65.9 Å². The number of aliphatic hydroxyl groups is 1. The number of furan rings is 1. The van der Waals surface area contributed by atoms with Crippen molar-refractivity contribution < 1.29 is 33.4 Å². The lowest BCUT2D eigenvalue weighted by Crippen LogP contribution is -2.31. The lowest BCUT2D eigenvalue weighted by molar-refractivity contribution is -0.117. The van der Waals surface area contributed by atoms with Crippen LogP contribution in [0.5, 0.6) is 11.5 Å². The van der Waals surface area contributed by atoms with Crippen molar-refractivity contribution in [2.24, 2.45) is 0 Å². The molecule has 43 heavy (non-hydrogen) atoms. The van der Waals surface area contributed by atoms with Crippen molar-refractivity contribution in [1.82, 2.24) is 4.98 Å². The monoisotopic (exact) mass is 594 g/mol. The SMILES string of the molecule is COc1cc([C@H]2C(C(=O)c3cc4ccccc4o3)=C(O)C(=O)N2c2nc(C)c(C(C)=O)s2)ccc1OCc1ccccc1. The Hall–Kier alpha value is -5.22. The predicted octanol–water partition coefficient (Wildman–Crippen LogP) is 6.77. The first-order chi connectivity index (χ1) is 20.8. The molecule has 3 aromatic carbocycles. The fourth-order valence-electron chi connectivity index (χ4n) is 5.10. The Balaban J connectivity index is 1.45. The third kappa shape index (κ3) is 5.06. The van der Waals surface area contributed by atoms with Crippen molar-refractivity contribution in [2.75, 3.05) is 12.0 Å². The first-order valence-electron chi connectivity index (χ1n) is 13.4. The van der Waals surface area contributed by atoms with Gasteiger partial charge in [-0.2, -0.15) is 0 Å². The Morgan fingerprint density at radius 1 is 1.02 bits per heavy atom. The molecule has 0 saturated carbocycles. The molecule has 5 aromatic rings. The van der Waals surface area contributed by atoms with Gasteiger partial charge in [0.2, 0.25) is 5.78 Å². The molecular formula is C33H26N2O7S. The standard InChI is InChI=1S/C33H26N2O7S/c1-18-31(19(2)36)43-33(34-18)35-28(22-13-14-24(25(16-22)40-3)41-17-20-9-5-4-6-10-20)27(30(38)32(35)39)29(37)26-15-21-11-7-8-12-23(21)42-26/h4-16,28,38H,17H2,1-3H3/t28-/m0/s1. The van der Waals surface area contributed by atoms with Crippen LogP contribution in [0.15, 0.2) is 94.6 Å². The molecule has 0 bridgehead atoms. The maximum atomic E-state index is 14.0. The van der Waals surface area contributed by atoms with E-state index in [9.17, 15) is 19.5 Å².